The molecule has 8 heteroatoms. The maximum absolute atomic E-state index is 12.3. The van der Waals surface area contributed by atoms with Crippen molar-refractivity contribution in [1.29, 1.82) is 0 Å². The van der Waals surface area contributed by atoms with Gasteiger partial charge in [-0.05, 0) is 62.2 Å². The normalized spacial score (nSPS) is 17.0. The molecule has 3 heterocycles. The standard InChI is InChI=1S/C20H21F2N5O/c21-20(22)28-15-5-3-14(4-6-15)16-10-17-18(25-9-8-24-17)19(27-16)26-12-13-2-1-7-23-11-13/h3-6,8-10,13,20,23H,1-2,7,11-12H2,(H,26,27)/t13-/m0/s1. The summed E-state index contributed by atoms with van der Waals surface area (Å²) in [6.45, 7) is 0.0206. The van der Waals surface area contributed by atoms with E-state index in [-0.39, 0.29) is 5.75 Å². The number of piperidine rings is 1. The Bertz CT molecular complexity index is 930. The quantitative estimate of drug-likeness (QED) is 0.674. The smallest absolute Gasteiger partial charge is 0.387 e. The van der Waals surface area contributed by atoms with Crippen molar-refractivity contribution >= 4 is 16.9 Å². The molecule has 4 rings (SSSR count). The first kappa shape index (κ1) is 18.5. The highest BCUT2D eigenvalue weighted by Crippen LogP contribution is 2.27. The maximum atomic E-state index is 12.3. The molecule has 1 aromatic carbocycles. The summed E-state index contributed by atoms with van der Waals surface area (Å²) in [5.74, 6) is 1.33. The van der Waals surface area contributed by atoms with Crippen molar-refractivity contribution in [2.75, 3.05) is 25.0 Å². The predicted octanol–water partition coefficient (Wildman–Crippen LogP) is 3.70. The fourth-order valence-electron chi connectivity index (χ4n) is 3.39. The zero-order chi connectivity index (χ0) is 19.3. The summed E-state index contributed by atoms with van der Waals surface area (Å²) in [7, 11) is 0. The number of hydrogen-bond donors (Lipinski definition) is 2. The third-order valence-electron chi connectivity index (χ3n) is 4.79. The van der Waals surface area contributed by atoms with E-state index < -0.39 is 6.61 Å². The topological polar surface area (TPSA) is 72.0 Å². The van der Waals surface area contributed by atoms with E-state index in [0.29, 0.717) is 22.9 Å². The number of benzene rings is 1. The van der Waals surface area contributed by atoms with Crippen LogP contribution in [0.15, 0.2) is 42.7 Å². The highest BCUT2D eigenvalue weighted by molar-refractivity contribution is 5.88. The highest BCUT2D eigenvalue weighted by Gasteiger charge is 2.15. The van der Waals surface area contributed by atoms with Gasteiger partial charge < -0.3 is 15.4 Å². The number of rotatable bonds is 6. The van der Waals surface area contributed by atoms with Crippen molar-refractivity contribution in [2.45, 2.75) is 19.5 Å². The van der Waals surface area contributed by atoms with E-state index in [1.165, 1.54) is 25.0 Å². The molecule has 1 fully saturated rings. The molecule has 0 spiro atoms. The average molecular weight is 385 g/mol. The Morgan fingerprint density at radius 1 is 1.18 bits per heavy atom. The Balaban J connectivity index is 1.61. The minimum Gasteiger partial charge on any atom is -0.435 e. The number of hydrogen-bond acceptors (Lipinski definition) is 6. The second-order valence-electron chi connectivity index (χ2n) is 6.78. The monoisotopic (exact) mass is 385 g/mol. The molecule has 0 unspecified atom stereocenters. The molecule has 1 saturated heterocycles. The number of nitrogens with zero attached hydrogens (tertiary/aromatic N) is 3. The van der Waals surface area contributed by atoms with Crippen LogP contribution in [0.2, 0.25) is 0 Å². The lowest BCUT2D eigenvalue weighted by Gasteiger charge is -2.23. The number of halogens is 2. The van der Waals surface area contributed by atoms with Crippen LogP contribution in [0, 0.1) is 5.92 Å². The van der Waals surface area contributed by atoms with Crippen molar-refractivity contribution in [3.63, 3.8) is 0 Å². The molecule has 0 amide bonds. The maximum Gasteiger partial charge on any atom is 0.387 e. The molecule has 1 aliphatic heterocycles. The largest absolute Gasteiger partial charge is 0.435 e. The van der Waals surface area contributed by atoms with E-state index in [0.717, 1.165) is 30.7 Å². The van der Waals surface area contributed by atoms with Crippen molar-refractivity contribution in [2.24, 2.45) is 5.92 Å². The number of ether oxygens (including phenoxy) is 1. The van der Waals surface area contributed by atoms with Gasteiger partial charge in [-0.25, -0.2) is 9.97 Å². The van der Waals surface area contributed by atoms with Gasteiger partial charge in [0.1, 0.15) is 11.3 Å². The molecule has 2 aromatic heterocycles. The second kappa shape index (κ2) is 8.43. The van der Waals surface area contributed by atoms with Crippen LogP contribution < -0.4 is 15.4 Å². The summed E-state index contributed by atoms with van der Waals surface area (Å²) in [6, 6.07) is 8.27. The van der Waals surface area contributed by atoms with Crippen molar-refractivity contribution in [1.82, 2.24) is 20.3 Å². The first-order valence-electron chi connectivity index (χ1n) is 9.30. The Labute approximate surface area is 161 Å². The van der Waals surface area contributed by atoms with Crippen molar-refractivity contribution < 1.29 is 13.5 Å². The third-order valence-corrected chi connectivity index (χ3v) is 4.79. The van der Waals surface area contributed by atoms with Crippen molar-refractivity contribution in [3.05, 3.63) is 42.7 Å². The lowest BCUT2D eigenvalue weighted by atomic mass is 10.00. The Kier molecular flexibility index (Phi) is 5.57. The van der Waals surface area contributed by atoms with Gasteiger partial charge in [-0.2, -0.15) is 8.78 Å². The van der Waals surface area contributed by atoms with Gasteiger partial charge in [0.25, 0.3) is 0 Å². The van der Waals surface area contributed by atoms with Crippen LogP contribution >= 0.6 is 0 Å². The zero-order valence-corrected chi connectivity index (χ0v) is 15.2. The Hall–Kier alpha value is -2.87. The van der Waals surface area contributed by atoms with E-state index in [1.807, 2.05) is 6.07 Å². The van der Waals surface area contributed by atoms with E-state index >= 15 is 0 Å². The van der Waals surface area contributed by atoms with E-state index in [9.17, 15) is 8.78 Å². The molecule has 0 aliphatic carbocycles. The number of fused-ring (bicyclic) bond motifs is 1. The van der Waals surface area contributed by atoms with Crippen LogP contribution in [0.4, 0.5) is 14.6 Å². The SMILES string of the molecule is FC(F)Oc1ccc(-c2cc3nccnc3c(NC[C@H]3CCCNC3)n2)cc1. The molecule has 2 N–H and O–H groups in total. The van der Waals surface area contributed by atoms with Crippen LogP contribution in [0.3, 0.4) is 0 Å². The third kappa shape index (κ3) is 4.33. The molecule has 1 atom stereocenters. The molecular formula is C20H21F2N5O. The van der Waals surface area contributed by atoms with Crippen LogP contribution in [-0.4, -0.2) is 41.2 Å². The van der Waals surface area contributed by atoms with Gasteiger partial charge in [-0.1, -0.05) is 0 Å². The number of pyridine rings is 1. The lowest BCUT2D eigenvalue weighted by Crippen LogP contribution is -2.33. The van der Waals surface area contributed by atoms with Gasteiger partial charge in [0.15, 0.2) is 5.82 Å². The molecule has 1 aliphatic rings. The van der Waals surface area contributed by atoms with Gasteiger partial charge >= 0.3 is 6.61 Å². The van der Waals surface area contributed by atoms with E-state index in [1.54, 1.807) is 24.5 Å². The molecule has 0 saturated carbocycles. The second-order valence-corrected chi connectivity index (χ2v) is 6.78. The van der Waals surface area contributed by atoms with Gasteiger partial charge in [-0.3, -0.25) is 4.98 Å². The fourth-order valence-corrected chi connectivity index (χ4v) is 3.39. The number of alkyl halides is 2. The molecule has 28 heavy (non-hydrogen) atoms. The van der Waals surface area contributed by atoms with Gasteiger partial charge in [0, 0.05) is 24.5 Å². The van der Waals surface area contributed by atoms with Crippen molar-refractivity contribution in [3.8, 4) is 17.0 Å². The number of anilines is 1. The Morgan fingerprint density at radius 2 is 2.00 bits per heavy atom. The summed E-state index contributed by atoms with van der Waals surface area (Å²) >= 11 is 0. The predicted molar refractivity (Wildman–Crippen MR) is 103 cm³/mol. The summed E-state index contributed by atoms with van der Waals surface area (Å²) < 4.78 is 29.1. The minimum absolute atomic E-state index is 0.113. The first-order chi connectivity index (χ1) is 13.7. The molecule has 146 valence electrons. The zero-order valence-electron chi connectivity index (χ0n) is 15.2. The summed E-state index contributed by atoms with van der Waals surface area (Å²) in [5, 5.41) is 6.84. The van der Waals surface area contributed by atoms with Crippen LogP contribution in [0.5, 0.6) is 5.75 Å². The fraction of sp³-hybridized carbons (Fsp3) is 0.350. The number of nitrogens with one attached hydrogen (secondary N) is 2. The summed E-state index contributed by atoms with van der Waals surface area (Å²) in [6.07, 6.45) is 5.64. The summed E-state index contributed by atoms with van der Waals surface area (Å²) in [5.41, 5.74) is 2.93. The number of aromatic nitrogens is 3. The summed E-state index contributed by atoms with van der Waals surface area (Å²) in [4.78, 5) is 13.5. The van der Waals surface area contributed by atoms with E-state index in [4.69, 9.17) is 4.98 Å². The molecule has 3 aromatic rings. The van der Waals surface area contributed by atoms with Crippen LogP contribution in [0.25, 0.3) is 22.3 Å². The minimum atomic E-state index is -2.84. The Morgan fingerprint density at radius 3 is 2.75 bits per heavy atom. The van der Waals surface area contributed by atoms with Gasteiger partial charge in [0.2, 0.25) is 0 Å². The lowest BCUT2D eigenvalue weighted by molar-refractivity contribution is -0.0498. The molecular weight excluding hydrogens is 364 g/mol. The van der Waals surface area contributed by atoms with Crippen LogP contribution in [0.1, 0.15) is 12.8 Å². The van der Waals surface area contributed by atoms with Crippen LogP contribution in [-0.2, 0) is 0 Å². The average Bonchev–Trinajstić information content (AvgIpc) is 2.73. The first-order valence-corrected chi connectivity index (χ1v) is 9.30. The highest BCUT2D eigenvalue weighted by atomic mass is 19.3. The molecule has 0 bridgehead atoms. The molecule has 6 nitrogen and oxygen atoms in total. The van der Waals surface area contributed by atoms with Gasteiger partial charge in [0.05, 0.1) is 11.2 Å². The van der Waals surface area contributed by atoms with Gasteiger partial charge in [-0.15, -0.1) is 0 Å². The molecule has 0 radical (unpaired) electrons. The van der Waals surface area contributed by atoms with E-state index in [2.05, 4.69) is 25.3 Å².